The van der Waals surface area contributed by atoms with Crippen LogP contribution in [-0.2, 0) is 0 Å². The molecule has 0 bridgehead atoms. The van der Waals surface area contributed by atoms with Crippen LogP contribution in [0.2, 0.25) is 0 Å². The van der Waals surface area contributed by atoms with Gasteiger partial charge < -0.3 is 15.1 Å². The predicted octanol–water partition coefficient (Wildman–Crippen LogP) is 1.09. The lowest BCUT2D eigenvalue weighted by molar-refractivity contribution is 0.0763. The van der Waals surface area contributed by atoms with Gasteiger partial charge in [-0.25, -0.2) is 0 Å². The molecule has 0 aliphatic carbocycles. The Bertz CT molecular complexity index is 676. The maximum atomic E-state index is 12.7. The molecule has 1 aromatic rings. The van der Waals surface area contributed by atoms with Crippen LogP contribution in [0, 0.1) is 11.8 Å². The van der Waals surface area contributed by atoms with Gasteiger partial charge in [0.05, 0.1) is 12.1 Å². The number of rotatable bonds is 2. The van der Waals surface area contributed by atoms with Gasteiger partial charge in [-0.05, 0) is 64.0 Å². The van der Waals surface area contributed by atoms with Gasteiger partial charge in [0.2, 0.25) is 0 Å². The smallest absolute Gasteiger partial charge is 0.253 e. The highest BCUT2D eigenvalue weighted by Gasteiger charge is 2.38. The van der Waals surface area contributed by atoms with E-state index in [0.717, 1.165) is 18.7 Å². The number of hydrogen-bond acceptors (Lipinski definition) is 4. The predicted molar refractivity (Wildman–Crippen MR) is 96.1 cm³/mol. The Morgan fingerprint density at radius 2 is 1.80 bits per heavy atom. The van der Waals surface area contributed by atoms with Crippen molar-refractivity contribution in [1.82, 2.24) is 9.80 Å². The highest BCUT2D eigenvalue weighted by molar-refractivity contribution is 5.94. The lowest BCUT2D eigenvalue weighted by Crippen LogP contribution is -2.41. The highest BCUT2D eigenvalue weighted by atomic mass is 16.3. The average Bonchev–Trinajstić information content (AvgIpc) is 3.21. The maximum absolute atomic E-state index is 12.7. The summed E-state index contributed by atoms with van der Waals surface area (Å²) in [6.45, 7) is 6.26. The number of aliphatic hydroxyl groups excluding tert-OH is 1. The third-order valence-electron chi connectivity index (χ3n) is 4.80. The van der Waals surface area contributed by atoms with Crippen LogP contribution in [0.4, 0.5) is 0 Å². The third kappa shape index (κ3) is 4.40. The van der Waals surface area contributed by atoms with Crippen LogP contribution >= 0.6 is 0 Å². The zero-order valence-corrected chi connectivity index (χ0v) is 14.9. The summed E-state index contributed by atoms with van der Waals surface area (Å²) in [5.74, 6) is 5.60. The number of carbonyl (C=O) groups excluding carboxylic acids is 1. The van der Waals surface area contributed by atoms with Crippen LogP contribution < -0.4 is 0 Å². The molecule has 2 atom stereocenters. The van der Waals surface area contributed by atoms with E-state index >= 15 is 0 Å². The minimum atomic E-state index is -1.04. The molecule has 2 aliphatic rings. The van der Waals surface area contributed by atoms with Crippen molar-refractivity contribution in [2.24, 2.45) is 0 Å². The first-order valence-corrected chi connectivity index (χ1v) is 8.90. The van der Waals surface area contributed by atoms with Crippen LogP contribution in [-0.4, -0.2) is 69.8 Å². The summed E-state index contributed by atoms with van der Waals surface area (Å²) in [5, 5.41) is 20.0. The van der Waals surface area contributed by atoms with Gasteiger partial charge in [-0.2, -0.15) is 0 Å². The summed E-state index contributed by atoms with van der Waals surface area (Å²) in [7, 11) is 0. The van der Waals surface area contributed by atoms with Crippen LogP contribution in [0.1, 0.15) is 42.6 Å². The first-order chi connectivity index (χ1) is 11.8. The number of β-amino-alcohol motifs (C(OH)–C–C–N with tert-alkyl or cyclic N) is 1. The van der Waals surface area contributed by atoms with E-state index in [2.05, 4.69) is 16.7 Å². The first kappa shape index (κ1) is 17.9. The molecule has 1 aromatic carbocycles. The SMILES string of the molecule is CC(C)(O)C#Cc1ccc(C(=O)N2C[C@H](O)[C@@H](N3CCCC3)C2)cc1. The Kier molecular flexibility index (Phi) is 5.14. The summed E-state index contributed by atoms with van der Waals surface area (Å²) in [6.07, 6.45) is 1.87. The molecule has 3 rings (SSSR count). The molecule has 0 radical (unpaired) electrons. The fraction of sp³-hybridized carbons (Fsp3) is 0.550. The molecule has 0 aromatic heterocycles. The van der Waals surface area contributed by atoms with Crippen molar-refractivity contribution >= 4 is 5.91 Å². The largest absolute Gasteiger partial charge is 0.390 e. The molecule has 0 spiro atoms. The molecule has 2 aliphatic heterocycles. The Morgan fingerprint density at radius 3 is 2.40 bits per heavy atom. The molecule has 2 N–H and O–H groups in total. The summed E-state index contributed by atoms with van der Waals surface area (Å²) in [5.41, 5.74) is 0.322. The van der Waals surface area contributed by atoms with E-state index in [9.17, 15) is 15.0 Å². The van der Waals surface area contributed by atoms with Gasteiger partial charge in [-0.3, -0.25) is 9.69 Å². The standard InChI is InChI=1S/C20H26N2O3/c1-20(2,25)10-9-15-5-7-16(8-6-15)19(24)22-13-17(18(23)14-22)21-11-3-4-12-21/h5-8,17-18,23,25H,3-4,11-14H2,1-2H3/t17-,18-/m0/s1. The van der Waals surface area contributed by atoms with Crippen molar-refractivity contribution in [1.29, 1.82) is 0 Å². The van der Waals surface area contributed by atoms with E-state index in [1.165, 1.54) is 12.8 Å². The van der Waals surface area contributed by atoms with E-state index < -0.39 is 11.7 Å². The lowest BCUT2D eigenvalue weighted by Gasteiger charge is -2.25. The molecule has 2 saturated heterocycles. The van der Waals surface area contributed by atoms with Crippen molar-refractivity contribution in [3.63, 3.8) is 0 Å². The van der Waals surface area contributed by atoms with Gasteiger partial charge in [0.1, 0.15) is 5.60 Å². The number of nitrogens with zero attached hydrogens (tertiary/aromatic N) is 2. The minimum absolute atomic E-state index is 0.0530. The quantitative estimate of drug-likeness (QED) is 0.790. The van der Waals surface area contributed by atoms with Crippen LogP contribution in [0.25, 0.3) is 0 Å². The van der Waals surface area contributed by atoms with Crippen molar-refractivity contribution in [2.75, 3.05) is 26.2 Å². The number of hydrogen-bond donors (Lipinski definition) is 2. The summed E-state index contributed by atoms with van der Waals surface area (Å²) in [4.78, 5) is 16.7. The van der Waals surface area contributed by atoms with Crippen LogP contribution in [0.5, 0.6) is 0 Å². The summed E-state index contributed by atoms with van der Waals surface area (Å²) < 4.78 is 0. The van der Waals surface area contributed by atoms with E-state index in [0.29, 0.717) is 18.7 Å². The topological polar surface area (TPSA) is 64.0 Å². The normalized spacial score (nSPS) is 24.2. The molecule has 1 amide bonds. The number of carbonyl (C=O) groups is 1. The Balaban J connectivity index is 1.66. The molecular weight excluding hydrogens is 316 g/mol. The highest BCUT2D eigenvalue weighted by Crippen LogP contribution is 2.22. The first-order valence-electron chi connectivity index (χ1n) is 8.90. The van der Waals surface area contributed by atoms with Gasteiger partial charge >= 0.3 is 0 Å². The Morgan fingerprint density at radius 1 is 1.16 bits per heavy atom. The molecule has 0 unspecified atom stereocenters. The van der Waals surface area contributed by atoms with E-state index in [1.807, 2.05) is 0 Å². The molecule has 2 fully saturated rings. The van der Waals surface area contributed by atoms with Gasteiger partial charge in [-0.1, -0.05) is 11.8 Å². The summed E-state index contributed by atoms with van der Waals surface area (Å²) in [6, 6.07) is 7.15. The monoisotopic (exact) mass is 342 g/mol. The molecule has 134 valence electrons. The molecular formula is C20H26N2O3. The molecule has 5 nitrogen and oxygen atoms in total. The van der Waals surface area contributed by atoms with E-state index in [-0.39, 0.29) is 11.9 Å². The zero-order valence-electron chi connectivity index (χ0n) is 14.9. The lowest BCUT2D eigenvalue weighted by atomic mass is 10.1. The Hall–Kier alpha value is -1.87. The van der Waals surface area contributed by atoms with Crippen molar-refractivity contribution in [3.05, 3.63) is 35.4 Å². The number of benzene rings is 1. The average molecular weight is 342 g/mol. The van der Waals surface area contributed by atoms with Crippen LogP contribution in [0.3, 0.4) is 0 Å². The maximum Gasteiger partial charge on any atom is 0.253 e. The third-order valence-corrected chi connectivity index (χ3v) is 4.80. The van der Waals surface area contributed by atoms with Crippen molar-refractivity contribution < 1.29 is 15.0 Å². The second kappa shape index (κ2) is 7.17. The van der Waals surface area contributed by atoms with Gasteiger partial charge in [0.25, 0.3) is 5.91 Å². The molecule has 25 heavy (non-hydrogen) atoms. The molecule has 2 heterocycles. The van der Waals surface area contributed by atoms with Crippen molar-refractivity contribution in [3.8, 4) is 11.8 Å². The van der Waals surface area contributed by atoms with Gasteiger partial charge in [0, 0.05) is 24.2 Å². The summed E-state index contributed by atoms with van der Waals surface area (Å²) >= 11 is 0. The van der Waals surface area contributed by atoms with Gasteiger partial charge in [0.15, 0.2) is 0 Å². The van der Waals surface area contributed by atoms with Crippen LogP contribution in [0.15, 0.2) is 24.3 Å². The van der Waals surface area contributed by atoms with E-state index in [4.69, 9.17) is 0 Å². The second-order valence-electron chi connectivity index (χ2n) is 7.47. The molecule has 0 saturated carbocycles. The Labute approximate surface area is 149 Å². The van der Waals surface area contributed by atoms with Gasteiger partial charge in [-0.15, -0.1) is 0 Å². The fourth-order valence-electron chi connectivity index (χ4n) is 3.47. The number of aliphatic hydroxyl groups is 2. The second-order valence-corrected chi connectivity index (χ2v) is 7.47. The number of amides is 1. The van der Waals surface area contributed by atoms with E-state index in [1.54, 1.807) is 43.0 Å². The minimum Gasteiger partial charge on any atom is -0.390 e. The zero-order chi connectivity index (χ0) is 18.0. The fourth-order valence-corrected chi connectivity index (χ4v) is 3.47. The number of likely N-dealkylation sites (tertiary alicyclic amines) is 2. The van der Waals surface area contributed by atoms with Crippen molar-refractivity contribution in [2.45, 2.75) is 44.4 Å². The molecule has 5 heteroatoms.